The molecule has 1 aromatic heterocycles. The topological polar surface area (TPSA) is 68.5 Å². The first-order valence-corrected chi connectivity index (χ1v) is 12.1. The molecule has 0 saturated heterocycles. The zero-order valence-corrected chi connectivity index (χ0v) is 19.4. The number of furan rings is 1. The minimum Gasteiger partial charge on any atom is -0.464 e. The Morgan fingerprint density at radius 2 is 1.43 bits per heavy atom. The van der Waals surface area contributed by atoms with E-state index in [1.54, 1.807) is 12.1 Å². The molecule has 0 spiro atoms. The average Bonchev–Trinajstić information content (AvgIpc) is 3.26. The molecule has 0 fully saturated rings. The zero-order chi connectivity index (χ0) is 22.0. The predicted molar refractivity (Wildman–Crippen MR) is 121 cm³/mol. The van der Waals surface area contributed by atoms with Crippen LogP contribution in [0.3, 0.4) is 0 Å². The molecule has 0 radical (unpaired) electrons. The second-order valence-electron chi connectivity index (χ2n) is 8.58. The molecule has 0 aromatic carbocycles. The lowest BCUT2D eigenvalue weighted by molar-refractivity contribution is -0.147. The van der Waals surface area contributed by atoms with Crippen LogP contribution in [0.25, 0.3) is 0 Å². The first kappa shape index (κ1) is 26.3. The van der Waals surface area contributed by atoms with Gasteiger partial charge in [-0.3, -0.25) is 4.79 Å². The Hall–Kier alpha value is -1.78. The van der Waals surface area contributed by atoms with E-state index in [0.717, 1.165) is 12.8 Å². The van der Waals surface area contributed by atoms with Crippen LogP contribution in [0.15, 0.2) is 22.8 Å². The molecule has 0 bridgehead atoms. The van der Waals surface area contributed by atoms with E-state index >= 15 is 0 Å². The van der Waals surface area contributed by atoms with Gasteiger partial charge in [0.15, 0.2) is 5.76 Å². The number of amides is 1. The Bertz CT molecular complexity index is 554. The van der Waals surface area contributed by atoms with Crippen molar-refractivity contribution in [2.75, 3.05) is 6.61 Å². The van der Waals surface area contributed by atoms with Gasteiger partial charge in [-0.15, -0.1) is 0 Å². The summed E-state index contributed by atoms with van der Waals surface area (Å²) in [6, 6.07) is 2.56. The van der Waals surface area contributed by atoms with Gasteiger partial charge >= 0.3 is 5.97 Å². The number of ether oxygens (including phenoxy) is 1. The van der Waals surface area contributed by atoms with Gasteiger partial charge in [0.05, 0.1) is 12.9 Å². The van der Waals surface area contributed by atoms with Crippen LogP contribution in [-0.4, -0.2) is 24.5 Å². The van der Waals surface area contributed by atoms with Crippen molar-refractivity contribution in [1.82, 2.24) is 5.32 Å². The molecule has 1 unspecified atom stereocenters. The van der Waals surface area contributed by atoms with Crippen LogP contribution in [-0.2, 0) is 9.53 Å². The fourth-order valence-corrected chi connectivity index (χ4v) is 3.50. The lowest BCUT2D eigenvalue weighted by Gasteiger charge is -2.20. The van der Waals surface area contributed by atoms with Gasteiger partial charge in [0.1, 0.15) is 6.04 Å². The molecule has 172 valence electrons. The van der Waals surface area contributed by atoms with Crippen molar-refractivity contribution in [1.29, 1.82) is 0 Å². The summed E-state index contributed by atoms with van der Waals surface area (Å²) in [5.41, 5.74) is 0. The molecule has 1 atom stereocenters. The molecule has 1 amide bonds. The Morgan fingerprint density at radius 1 is 0.900 bits per heavy atom. The zero-order valence-electron chi connectivity index (χ0n) is 19.4. The number of unbranched alkanes of at least 4 members (excludes halogenated alkanes) is 12. The number of carbonyl (C=O) groups excluding carboxylic acids is 2. The molecule has 0 aliphatic heterocycles. The first-order chi connectivity index (χ1) is 14.6. The van der Waals surface area contributed by atoms with Gasteiger partial charge in [0.2, 0.25) is 0 Å². The van der Waals surface area contributed by atoms with Crippen molar-refractivity contribution >= 4 is 11.9 Å². The molecular formula is C25H43NO4. The maximum absolute atomic E-state index is 12.3. The number of hydrogen-bond acceptors (Lipinski definition) is 4. The summed E-state index contributed by atoms with van der Waals surface area (Å²) < 4.78 is 10.5. The van der Waals surface area contributed by atoms with Crippen LogP contribution in [0.4, 0.5) is 0 Å². The minimum absolute atomic E-state index is 0.0527. The standard InChI is InChI=1S/C25H43NO4/c1-4-5-6-7-8-9-10-11-12-13-14-15-16-19-30-25(28)23(21(2)3)26-24(27)22-18-17-20-29-22/h17-18,20-21,23H,4-16,19H2,1-3H3,(H,26,27). The number of hydrogen-bond donors (Lipinski definition) is 1. The van der Waals surface area contributed by atoms with Gasteiger partial charge in [0.25, 0.3) is 5.91 Å². The van der Waals surface area contributed by atoms with Crippen LogP contribution >= 0.6 is 0 Å². The van der Waals surface area contributed by atoms with Crippen molar-refractivity contribution in [2.45, 2.75) is 110 Å². The molecule has 30 heavy (non-hydrogen) atoms. The minimum atomic E-state index is -0.662. The van der Waals surface area contributed by atoms with Gasteiger partial charge in [-0.1, -0.05) is 97.8 Å². The molecule has 0 aliphatic carbocycles. The van der Waals surface area contributed by atoms with Crippen LogP contribution in [0, 0.1) is 5.92 Å². The van der Waals surface area contributed by atoms with Crippen molar-refractivity contribution in [3.8, 4) is 0 Å². The van der Waals surface area contributed by atoms with Crippen molar-refractivity contribution in [3.05, 3.63) is 24.2 Å². The summed E-state index contributed by atoms with van der Waals surface area (Å²) >= 11 is 0. The number of carbonyl (C=O) groups is 2. The molecule has 5 heteroatoms. The van der Waals surface area contributed by atoms with E-state index < -0.39 is 11.9 Å². The highest BCUT2D eigenvalue weighted by Crippen LogP contribution is 2.13. The van der Waals surface area contributed by atoms with E-state index in [1.165, 1.54) is 76.9 Å². The monoisotopic (exact) mass is 421 g/mol. The molecule has 0 saturated carbocycles. The summed E-state index contributed by atoms with van der Waals surface area (Å²) in [5.74, 6) is -0.617. The number of rotatable bonds is 18. The van der Waals surface area contributed by atoms with Gasteiger partial charge in [0, 0.05) is 0 Å². The highest BCUT2D eigenvalue weighted by molar-refractivity contribution is 5.94. The molecule has 0 aliphatic rings. The fourth-order valence-electron chi connectivity index (χ4n) is 3.50. The van der Waals surface area contributed by atoms with Crippen LogP contribution in [0.1, 0.15) is 115 Å². The summed E-state index contributed by atoms with van der Waals surface area (Å²) in [6.45, 7) is 6.45. The van der Waals surface area contributed by atoms with Crippen molar-refractivity contribution < 1.29 is 18.7 Å². The quantitative estimate of drug-likeness (QED) is 0.212. The molecule has 5 nitrogen and oxygen atoms in total. The summed E-state index contributed by atoms with van der Waals surface area (Å²) in [4.78, 5) is 24.5. The maximum Gasteiger partial charge on any atom is 0.328 e. The third-order valence-electron chi connectivity index (χ3n) is 5.44. The molecule has 1 N–H and O–H groups in total. The lowest BCUT2D eigenvalue weighted by Crippen LogP contribution is -2.45. The highest BCUT2D eigenvalue weighted by Gasteiger charge is 2.26. The van der Waals surface area contributed by atoms with E-state index in [1.807, 2.05) is 13.8 Å². The summed E-state index contributed by atoms with van der Waals surface area (Å²) in [6.07, 6.45) is 18.1. The Morgan fingerprint density at radius 3 is 1.90 bits per heavy atom. The van der Waals surface area contributed by atoms with Gasteiger partial charge in [-0.25, -0.2) is 4.79 Å². The van der Waals surface area contributed by atoms with E-state index in [4.69, 9.17) is 9.15 Å². The normalized spacial score (nSPS) is 12.1. The average molecular weight is 422 g/mol. The Labute approximate surface area is 183 Å². The smallest absolute Gasteiger partial charge is 0.328 e. The predicted octanol–water partition coefficient (Wildman–Crippen LogP) is 6.67. The van der Waals surface area contributed by atoms with E-state index in [9.17, 15) is 9.59 Å². The van der Waals surface area contributed by atoms with Crippen LogP contribution in [0.5, 0.6) is 0 Å². The number of esters is 1. The maximum atomic E-state index is 12.3. The third kappa shape index (κ3) is 12.0. The van der Waals surface area contributed by atoms with Crippen LogP contribution < -0.4 is 5.32 Å². The van der Waals surface area contributed by atoms with Gasteiger partial charge in [-0.05, 0) is 24.5 Å². The SMILES string of the molecule is CCCCCCCCCCCCCCCOC(=O)C(NC(=O)c1ccco1)C(C)C. The molecule has 1 rings (SSSR count). The van der Waals surface area contributed by atoms with E-state index in [2.05, 4.69) is 12.2 Å². The second-order valence-corrected chi connectivity index (χ2v) is 8.58. The number of nitrogens with one attached hydrogen (secondary N) is 1. The summed E-state index contributed by atoms with van der Waals surface area (Å²) in [7, 11) is 0. The Kier molecular flexibility index (Phi) is 14.8. The fraction of sp³-hybridized carbons (Fsp3) is 0.760. The lowest BCUT2D eigenvalue weighted by atomic mass is 10.0. The van der Waals surface area contributed by atoms with Gasteiger partial charge < -0.3 is 14.5 Å². The Balaban J connectivity index is 2.02. The van der Waals surface area contributed by atoms with Crippen molar-refractivity contribution in [3.63, 3.8) is 0 Å². The van der Waals surface area contributed by atoms with Crippen molar-refractivity contribution in [2.24, 2.45) is 5.92 Å². The highest BCUT2D eigenvalue weighted by atomic mass is 16.5. The van der Waals surface area contributed by atoms with E-state index in [-0.39, 0.29) is 17.6 Å². The first-order valence-electron chi connectivity index (χ1n) is 12.1. The second kappa shape index (κ2) is 17.0. The van der Waals surface area contributed by atoms with Crippen LogP contribution in [0.2, 0.25) is 0 Å². The molecular weight excluding hydrogens is 378 g/mol. The molecule has 1 aromatic rings. The molecule has 1 heterocycles. The third-order valence-corrected chi connectivity index (χ3v) is 5.44. The van der Waals surface area contributed by atoms with E-state index in [0.29, 0.717) is 6.61 Å². The largest absolute Gasteiger partial charge is 0.464 e. The van der Waals surface area contributed by atoms with Gasteiger partial charge in [-0.2, -0.15) is 0 Å². The summed E-state index contributed by atoms with van der Waals surface area (Å²) in [5, 5.41) is 2.71.